The molecule has 2 atom stereocenters. The molecule has 0 aliphatic carbocycles. The van der Waals surface area contributed by atoms with Crippen molar-refractivity contribution in [2.24, 2.45) is 0 Å². The van der Waals surface area contributed by atoms with Gasteiger partial charge >= 0.3 is 0 Å². The Hall–Kier alpha value is -2.78. The van der Waals surface area contributed by atoms with Gasteiger partial charge in [-0.1, -0.05) is 78.5 Å². The van der Waals surface area contributed by atoms with E-state index in [4.69, 9.17) is 34.8 Å². The van der Waals surface area contributed by atoms with E-state index in [9.17, 15) is 18.0 Å². The van der Waals surface area contributed by atoms with Crippen molar-refractivity contribution in [1.82, 2.24) is 10.2 Å². The second-order valence-electron chi connectivity index (χ2n) is 9.81. The first-order valence-corrected chi connectivity index (χ1v) is 15.8. The van der Waals surface area contributed by atoms with Gasteiger partial charge in [0.2, 0.25) is 11.8 Å². The number of anilines is 1. The minimum absolute atomic E-state index is 0.00720. The largest absolute Gasteiger partial charge is 0.352 e. The molecule has 41 heavy (non-hydrogen) atoms. The zero-order chi connectivity index (χ0) is 30.3. The molecule has 7 nitrogen and oxygen atoms in total. The number of carbonyl (C=O) groups excluding carboxylic acids is 2. The van der Waals surface area contributed by atoms with E-state index in [-0.39, 0.29) is 39.1 Å². The van der Waals surface area contributed by atoms with Crippen LogP contribution in [-0.2, 0) is 26.2 Å². The summed E-state index contributed by atoms with van der Waals surface area (Å²) in [5.41, 5.74) is 1.78. The average Bonchev–Trinajstić information content (AvgIpc) is 2.94. The van der Waals surface area contributed by atoms with Gasteiger partial charge in [0, 0.05) is 17.6 Å². The van der Waals surface area contributed by atoms with Gasteiger partial charge in [-0.25, -0.2) is 8.42 Å². The molecule has 3 rings (SSSR count). The fourth-order valence-corrected chi connectivity index (χ4v) is 5.98. The highest BCUT2D eigenvalue weighted by atomic mass is 35.5. The molecule has 0 spiro atoms. The van der Waals surface area contributed by atoms with Gasteiger partial charge in [-0.3, -0.25) is 13.9 Å². The summed E-state index contributed by atoms with van der Waals surface area (Å²) in [5.74, 6) is -0.875. The summed E-state index contributed by atoms with van der Waals surface area (Å²) in [6, 6.07) is 16.7. The molecular formula is C30H34Cl3N3O4S. The highest BCUT2D eigenvalue weighted by Gasteiger charge is 2.34. The monoisotopic (exact) mass is 637 g/mol. The Balaban J connectivity index is 2.08. The summed E-state index contributed by atoms with van der Waals surface area (Å²) < 4.78 is 28.9. The minimum Gasteiger partial charge on any atom is -0.352 e. The fraction of sp³-hybridized carbons (Fsp3) is 0.333. The second kappa shape index (κ2) is 14.4. The number of rotatable bonds is 12. The number of nitrogens with zero attached hydrogens (tertiary/aromatic N) is 2. The lowest BCUT2D eigenvalue weighted by Crippen LogP contribution is -2.53. The topological polar surface area (TPSA) is 86.8 Å². The molecule has 0 bridgehead atoms. The van der Waals surface area contributed by atoms with Crippen molar-refractivity contribution in [3.05, 3.63) is 92.9 Å². The van der Waals surface area contributed by atoms with Gasteiger partial charge < -0.3 is 10.2 Å². The van der Waals surface area contributed by atoms with Crippen LogP contribution in [0.2, 0.25) is 15.1 Å². The van der Waals surface area contributed by atoms with Crippen LogP contribution in [0.15, 0.2) is 71.6 Å². The molecular weight excluding hydrogens is 605 g/mol. The first-order valence-electron chi connectivity index (χ1n) is 13.3. The standard InChI is InChI=1S/C30H34Cl3N3O4S/c1-5-21(4)34-30(38)28(6-2)35(18-22-9-11-23(31)12-10-22)29(37)19-36(24-13-16-26(32)27(33)17-24)41(39,40)25-14-7-20(3)8-15-25/h7-17,21,28H,5-6,18-19H2,1-4H3,(H,34,38)/t21-,28+/m1/s1. The Labute approximate surface area is 257 Å². The molecule has 0 saturated carbocycles. The van der Waals surface area contributed by atoms with Gasteiger partial charge in [0.25, 0.3) is 10.0 Å². The quantitative estimate of drug-likeness (QED) is 0.235. The first kappa shape index (κ1) is 32.7. The van der Waals surface area contributed by atoms with Gasteiger partial charge in [0.15, 0.2) is 0 Å². The van der Waals surface area contributed by atoms with Crippen LogP contribution in [0.3, 0.4) is 0 Å². The van der Waals surface area contributed by atoms with Gasteiger partial charge in [0.1, 0.15) is 12.6 Å². The van der Waals surface area contributed by atoms with Gasteiger partial charge in [-0.15, -0.1) is 0 Å². The Bertz CT molecular complexity index is 1470. The summed E-state index contributed by atoms with van der Waals surface area (Å²) in [7, 11) is -4.22. The Kier molecular flexibility index (Phi) is 11.5. The van der Waals surface area contributed by atoms with Crippen LogP contribution in [0.25, 0.3) is 0 Å². The van der Waals surface area contributed by atoms with Crippen LogP contribution in [0.5, 0.6) is 0 Å². The Morgan fingerprint density at radius 2 is 1.51 bits per heavy atom. The van der Waals surface area contributed by atoms with Crippen LogP contribution in [0, 0.1) is 6.92 Å². The third kappa shape index (κ3) is 8.38. The van der Waals surface area contributed by atoms with Crippen LogP contribution in [0.1, 0.15) is 44.7 Å². The number of aryl methyl sites for hydroxylation is 1. The predicted molar refractivity (Wildman–Crippen MR) is 166 cm³/mol. The third-order valence-electron chi connectivity index (χ3n) is 6.73. The molecule has 0 radical (unpaired) electrons. The highest BCUT2D eigenvalue weighted by molar-refractivity contribution is 7.92. The van der Waals surface area contributed by atoms with E-state index in [2.05, 4.69) is 5.32 Å². The summed E-state index contributed by atoms with van der Waals surface area (Å²) in [4.78, 5) is 28.8. The molecule has 0 aliphatic rings. The lowest BCUT2D eigenvalue weighted by Gasteiger charge is -2.33. The fourth-order valence-electron chi connectivity index (χ4n) is 4.15. The van der Waals surface area contributed by atoms with E-state index in [1.54, 1.807) is 36.4 Å². The number of halogens is 3. The zero-order valence-electron chi connectivity index (χ0n) is 23.4. The molecule has 1 N–H and O–H groups in total. The van der Waals surface area contributed by atoms with Gasteiger partial charge in [-0.2, -0.15) is 0 Å². The molecule has 0 unspecified atom stereocenters. The molecule has 3 aromatic rings. The molecule has 2 amide bonds. The third-order valence-corrected chi connectivity index (χ3v) is 9.51. The smallest absolute Gasteiger partial charge is 0.264 e. The lowest BCUT2D eigenvalue weighted by molar-refractivity contribution is -0.140. The Morgan fingerprint density at radius 1 is 0.878 bits per heavy atom. The van der Waals surface area contributed by atoms with Crippen molar-refractivity contribution in [2.45, 2.75) is 64.1 Å². The van der Waals surface area contributed by atoms with Crippen LogP contribution in [0.4, 0.5) is 5.69 Å². The zero-order valence-corrected chi connectivity index (χ0v) is 26.5. The van der Waals surface area contributed by atoms with Crippen molar-refractivity contribution in [3.8, 4) is 0 Å². The van der Waals surface area contributed by atoms with E-state index in [0.29, 0.717) is 17.9 Å². The summed E-state index contributed by atoms with van der Waals surface area (Å²) >= 11 is 18.4. The lowest BCUT2D eigenvalue weighted by atomic mass is 10.1. The van der Waals surface area contributed by atoms with E-state index >= 15 is 0 Å². The summed E-state index contributed by atoms with van der Waals surface area (Å²) in [6.07, 6.45) is 1.03. The van der Waals surface area contributed by atoms with E-state index in [1.807, 2.05) is 27.7 Å². The number of hydrogen-bond acceptors (Lipinski definition) is 4. The van der Waals surface area contributed by atoms with Crippen molar-refractivity contribution in [2.75, 3.05) is 10.8 Å². The number of sulfonamides is 1. The molecule has 0 aliphatic heterocycles. The molecule has 3 aromatic carbocycles. The maximum atomic E-state index is 14.1. The normalized spacial score (nSPS) is 12.9. The number of nitrogens with one attached hydrogen (secondary N) is 1. The van der Waals surface area contributed by atoms with Crippen molar-refractivity contribution < 1.29 is 18.0 Å². The molecule has 11 heteroatoms. The van der Waals surface area contributed by atoms with Crippen LogP contribution < -0.4 is 9.62 Å². The molecule has 0 saturated heterocycles. The molecule has 220 valence electrons. The van der Waals surface area contributed by atoms with Gasteiger partial charge in [0.05, 0.1) is 20.6 Å². The number of benzene rings is 3. The number of carbonyl (C=O) groups is 2. The van der Waals surface area contributed by atoms with Crippen molar-refractivity contribution in [1.29, 1.82) is 0 Å². The number of amides is 2. The summed E-state index contributed by atoms with van der Waals surface area (Å²) in [5, 5.41) is 3.86. The second-order valence-corrected chi connectivity index (χ2v) is 12.9. The summed E-state index contributed by atoms with van der Waals surface area (Å²) in [6.45, 7) is 6.99. The predicted octanol–water partition coefficient (Wildman–Crippen LogP) is 6.87. The SMILES string of the molecule is CC[C@@H](C)NC(=O)[C@H](CC)N(Cc1ccc(Cl)cc1)C(=O)CN(c1ccc(Cl)c(Cl)c1)S(=O)(=O)c1ccc(C)cc1. The minimum atomic E-state index is -4.22. The van der Waals surface area contributed by atoms with E-state index in [0.717, 1.165) is 15.4 Å². The maximum absolute atomic E-state index is 14.1. The van der Waals surface area contributed by atoms with Crippen LogP contribution in [-0.4, -0.2) is 43.8 Å². The maximum Gasteiger partial charge on any atom is 0.264 e. The van der Waals surface area contributed by atoms with Gasteiger partial charge in [-0.05, 0) is 74.7 Å². The van der Waals surface area contributed by atoms with E-state index < -0.39 is 28.5 Å². The van der Waals surface area contributed by atoms with Crippen molar-refractivity contribution in [3.63, 3.8) is 0 Å². The van der Waals surface area contributed by atoms with E-state index in [1.165, 1.54) is 35.2 Å². The first-order chi connectivity index (χ1) is 19.4. The van der Waals surface area contributed by atoms with Crippen LogP contribution >= 0.6 is 34.8 Å². The molecule has 0 aromatic heterocycles. The number of hydrogen-bond donors (Lipinski definition) is 1. The molecule has 0 fully saturated rings. The molecule has 0 heterocycles. The average molecular weight is 639 g/mol. The van der Waals surface area contributed by atoms with Crippen molar-refractivity contribution >= 4 is 62.3 Å². The highest BCUT2D eigenvalue weighted by Crippen LogP contribution is 2.31. The Morgan fingerprint density at radius 3 is 2.07 bits per heavy atom.